The fourth-order valence-corrected chi connectivity index (χ4v) is 3.38. The molecule has 0 bridgehead atoms. The Hall–Kier alpha value is -3.36. The van der Waals surface area contributed by atoms with Gasteiger partial charge in [0.15, 0.2) is 0 Å². The fraction of sp³-hybridized carbons (Fsp3) is 0.0476. The Kier molecular flexibility index (Phi) is 4.26. The van der Waals surface area contributed by atoms with Gasteiger partial charge in [0.1, 0.15) is 11.1 Å². The van der Waals surface area contributed by atoms with Crippen molar-refractivity contribution in [3.05, 3.63) is 76.4 Å². The molecule has 0 saturated heterocycles. The van der Waals surface area contributed by atoms with E-state index in [9.17, 15) is 5.26 Å². The van der Waals surface area contributed by atoms with E-state index in [1.807, 2.05) is 41.8 Å². The zero-order valence-electron chi connectivity index (χ0n) is 14.0. The van der Waals surface area contributed by atoms with Crippen LogP contribution in [0.25, 0.3) is 33.9 Å². The molecule has 0 unspecified atom stereocenters. The second kappa shape index (κ2) is 6.87. The van der Waals surface area contributed by atoms with E-state index >= 15 is 0 Å². The minimum atomic E-state index is 0.484. The van der Waals surface area contributed by atoms with Crippen LogP contribution < -0.4 is 0 Å². The third-order valence-corrected chi connectivity index (χ3v) is 4.84. The molecule has 5 heteroatoms. The third-order valence-electron chi connectivity index (χ3n) is 3.96. The average Bonchev–Trinajstić information content (AvgIpc) is 3.16. The van der Waals surface area contributed by atoms with Gasteiger partial charge in [-0.25, -0.2) is 9.97 Å². The molecule has 0 amide bonds. The van der Waals surface area contributed by atoms with E-state index < -0.39 is 0 Å². The third kappa shape index (κ3) is 3.23. The van der Waals surface area contributed by atoms with Crippen molar-refractivity contribution in [1.82, 2.24) is 15.0 Å². The van der Waals surface area contributed by atoms with E-state index in [0.29, 0.717) is 16.3 Å². The first-order valence-corrected chi connectivity index (χ1v) is 8.97. The number of aryl methyl sites for hydroxylation is 1. The maximum atomic E-state index is 9.57. The van der Waals surface area contributed by atoms with Crippen LogP contribution in [0, 0.1) is 18.3 Å². The van der Waals surface area contributed by atoms with Crippen LogP contribution in [0.3, 0.4) is 0 Å². The highest BCUT2D eigenvalue weighted by atomic mass is 32.1. The Balaban J connectivity index is 1.69. The van der Waals surface area contributed by atoms with E-state index in [2.05, 4.69) is 40.1 Å². The van der Waals surface area contributed by atoms with Crippen molar-refractivity contribution in [2.75, 3.05) is 0 Å². The summed E-state index contributed by atoms with van der Waals surface area (Å²) in [6.45, 7) is 2.05. The van der Waals surface area contributed by atoms with Crippen LogP contribution in [0.1, 0.15) is 16.3 Å². The molecule has 0 spiro atoms. The highest BCUT2D eigenvalue weighted by Crippen LogP contribution is 2.27. The van der Waals surface area contributed by atoms with Gasteiger partial charge >= 0.3 is 0 Å². The lowest BCUT2D eigenvalue weighted by molar-refractivity contribution is 1.26. The molecule has 2 aromatic carbocycles. The molecule has 26 heavy (non-hydrogen) atoms. The van der Waals surface area contributed by atoms with Crippen molar-refractivity contribution in [2.24, 2.45) is 0 Å². The Bertz CT molecular complexity index is 1150. The second-order valence-electron chi connectivity index (χ2n) is 5.86. The van der Waals surface area contributed by atoms with Gasteiger partial charge in [0, 0.05) is 10.9 Å². The summed E-state index contributed by atoms with van der Waals surface area (Å²) in [5.41, 5.74) is 5.88. The van der Waals surface area contributed by atoms with E-state index in [1.54, 1.807) is 12.3 Å². The number of rotatable bonds is 3. The van der Waals surface area contributed by atoms with Gasteiger partial charge in [0.2, 0.25) is 0 Å². The predicted octanol–water partition coefficient (Wildman–Crippen LogP) is 5.13. The van der Waals surface area contributed by atoms with Crippen molar-refractivity contribution in [3.8, 4) is 17.3 Å². The predicted molar refractivity (Wildman–Crippen MR) is 105 cm³/mol. The minimum Gasteiger partial charge on any atom is -0.252 e. The number of benzene rings is 2. The minimum absolute atomic E-state index is 0.484. The number of nitrogens with zero attached hydrogens (tertiary/aromatic N) is 4. The molecule has 0 saturated carbocycles. The van der Waals surface area contributed by atoms with Crippen molar-refractivity contribution in [1.29, 1.82) is 5.26 Å². The van der Waals surface area contributed by atoms with Crippen molar-refractivity contribution < 1.29 is 0 Å². The van der Waals surface area contributed by atoms with Gasteiger partial charge < -0.3 is 0 Å². The zero-order valence-corrected chi connectivity index (χ0v) is 14.9. The molecule has 0 N–H and O–H groups in total. The van der Waals surface area contributed by atoms with Crippen molar-refractivity contribution in [3.63, 3.8) is 0 Å². The molecule has 0 aliphatic heterocycles. The molecule has 0 radical (unpaired) electrons. The molecule has 2 heterocycles. The van der Waals surface area contributed by atoms with Crippen LogP contribution in [0.5, 0.6) is 0 Å². The largest absolute Gasteiger partial charge is 0.252 e. The summed E-state index contributed by atoms with van der Waals surface area (Å²) in [5, 5.41) is 12.2. The molecule has 0 aliphatic carbocycles. The monoisotopic (exact) mass is 354 g/mol. The number of aromatic nitrogens is 3. The Morgan fingerprint density at radius 2 is 1.81 bits per heavy atom. The van der Waals surface area contributed by atoms with Gasteiger partial charge in [0.05, 0.1) is 34.2 Å². The molecular weight excluding hydrogens is 340 g/mol. The number of nitriles is 1. The van der Waals surface area contributed by atoms with E-state index in [4.69, 9.17) is 0 Å². The normalized spacial score (nSPS) is 11.5. The smallest absolute Gasteiger partial charge is 0.134 e. The first-order valence-electron chi connectivity index (χ1n) is 8.09. The molecule has 0 atom stereocenters. The quantitative estimate of drug-likeness (QED) is 0.479. The molecular formula is C21H14N4S. The highest BCUT2D eigenvalue weighted by Gasteiger charge is 2.10. The topological polar surface area (TPSA) is 62.5 Å². The molecule has 4 aromatic rings. The molecule has 2 aromatic heterocycles. The lowest BCUT2D eigenvalue weighted by Gasteiger charge is -1.99. The van der Waals surface area contributed by atoms with E-state index in [1.165, 1.54) is 16.9 Å². The average molecular weight is 354 g/mol. The first kappa shape index (κ1) is 16.1. The first-order chi connectivity index (χ1) is 12.7. The van der Waals surface area contributed by atoms with Gasteiger partial charge in [-0.05, 0) is 25.1 Å². The van der Waals surface area contributed by atoms with Crippen molar-refractivity contribution in [2.45, 2.75) is 6.92 Å². The summed E-state index contributed by atoms with van der Waals surface area (Å²) in [6.07, 6.45) is 3.41. The van der Waals surface area contributed by atoms with Crippen LogP contribution in [0.15, 0.2) is 60.1 Å². The van der Waals surface area contributed by atoms with Gasteiger partial charge in [0.25, 0.3) is 0 Å². The van der Waals surface area contributed by atoms with Gasteiger partial charge in [-0.2, -0.15) is 5.26 Å². The molecule has 4 rings (SSSR count). The van der Waals surface area contributed by atoms with Crippen molar-refractivity contribution >= 4 is 34.0 Å². The summed E-state index contributed by atoms with van der Waals surface area (Å²) >= 11 is 1.45. The van der Waals surface area contributed by atoms with Gasteiger partial charge in [-0.15, -0.1) is 11.3 Å². The second-order valence-corrected chi connectivity index (χ2v) is 6.72. The number of hydrogen-bond acceptors (Lipinski definition) is 5. The maximum absolute atomic E-state index is 9.57. The summed E-state index contributed by atoms with van der Waals surface area (Å²) < 4.78 is 0. The lowest BCUT2D eigenvalue weighted by atomic mass is 10.1. The number of thiazole rings is 1. The Morgan fingerprint density at radius 3 is 2.58 bits per heavy atom. The summed E-state index contributed by atoms with van der Waals surface area (Å²) in [5.74, 6) is 0. The molecule has 4 nitrogen and oxygen atoms in total. The highest BCUT2D eigenvalue weighted by molar-refractivity contribution is 7.11. The van der Waals surface area contributed by atoms with Crippen LogP contribution in [0.4, 0.5) is 0 Å². The van der Waals surface area contributed by atoms with Crippen LogP contribution in [0.2, 0.25) is 0 Å². The van der Waals surface area contributed by atoms with E-state index in [0.717, 1.165) is 22.3 Å². The molecule has 124 valence electrons. The fourth-order valence-electron chi connectivity index (χ4n) is 2.59. The van der Waals surface area contributed by atoms with Gasteiger partial charge in [-0.3, -0.25) is 4.98 Å². The summed E-state index contributed by atoms with van der Waals surface area (Å²) in [7, 11) is 0. The maximum Gasteiger partial charge on any atom is 0.134 e. The number of fused-ring (bicyclic) bond motifs is 1. The Morgan fingerprint density at radius 1 is 1.04 bits per heavy atom. The van der Waals surface area contributed by atoms with Crippen LogP contribution in [-0.2, 0) is 0 Å². The van der Waals surface area contributed by atoms with Crippen LogP contribution >= 0.6 is 11.3 Å². The van der Waals surface area contributed by atoms with E-state index in [-0.39, 0.29) is 0 Å². The SMILES string of the molecule is Cc1ccc(-c2csc(/C(C#N)=C/c3cnc4ccccc4n3)n2)cc1. The molecule has 0 aliphatic rings. The zero-order chi connectivity index (χ0) is 17.9. The number of allylic oxidation sites excluding steroid dienone is 1. The molecule has 0 fully saturated rings. The lowest BCUT2D eigenvalue weighted by Crippen LogP contribution is -1.88. The standard InChI is InChI=1S/C21H14N4S/c1-14-6-8-15(9-7-14)20-13-26-21(25-20)16(11-22)10-17-12-23-18-4-2-3-5-19(18)24-17/h2-10,12-13H,1H3/b16-10+. The number of para-hydroxylation sites is 2. The van der Waals surface area contributed by atoms with Gasteiger partial charge in [-0.1, -0.05) is 42.0 Å². The Labute approximate surface area is 155 Å². The summed E-state index contributed by atoms with van der Waals surface area (Å²) in [4.78, 5) is 13.6. The number of hydrogen-bond donors (Lipinski definition) is 0. The summed E-state index contributed by atoms with van der Waals surface area (Å²) in [6, 6.07) is 18.1. The van der Waals surface area contributed by atoms with Crippen LogP contribution in [-0.4, -0.2) is 15.0 Å².